The van der Waals surface area contributed by atoms with Crippen LogP contribution in [-0.4, -0.2) is 48.1 Å². The molecule has 0 saturated heterocycles. The van der Waals surface area contributed by atoms with Crippen LogP contribution in [0, 0.1) is 5.82 Å². The number of nitrogens with one attached hydrogen (secondary N) is 2. The predicted molar refractivity (Wildman–Crippen MR) is 104 cm³/mol. The van der Waals surface area contributed by atoms with Crippen molar-refractivity contribution in [1.82, 2.24) is 10.6 Å². The molecule has 3 saturated carbocycles. The summed E-state index contributed by atoms with van der Waals surface area (Å²) in [7, 11) is 1.58. The van der Waals surface area contributed by atoms with Gasteiger partial charge in [-0.05, 0) is 31.4 Å². The minimum absolute atomic E-state index is 0.00240. The van der Waals surface area contributed by atoms with E-state index in [-0.39, 0.29) is 40.3 Å². The van der Waals surface area contributed by atoms with Crippen molar-refractivity contribution in [3.63, 3.8) is 0 Å². The number of carbonyl (C=O) groups is 2. The van der Waals surface area contributed by atoms with Gasteiger partial charge in [0.25, 0.3) is 11.8 Å². The lowest BCUT2D eigenvalue weighted by Gasteiger charge is -2.70. The van der Waals surface area contributed by atoms with Crippen LogP contribution in [0.2, 0.25) is 5.02 Å². The van der Waals surface area contributed by atoms with Crippen LogP contribution < -0.4 is 15.4 Å². The fraction of sp³-hybridized carbons (Fsp3) is 0.474. The van der Waals surface area contributed by atoms with Gasteiger partial charge in [0.1, 0.15) is 17.3 Å². The Morgan fingerprint density at radius 1 is 1.21 bits per heavy atom. The second kappa shape index (κ2) is 7.15. The van der Waals surface area contributed by atoms with E-state index in [1.807, 2.05) is 0 Å². The van der Waals surface area contributed by atoms with Crippen LogP contribution in [0.1, 0.15) is 19.3 Å². The number of halogens is 2. The minimum Gasteiger partial charge on any atom is -0.500 e. The maximum absolute atomic E-state index is 13.4. The molecule has 0 radical (unpaired) electrons. The molecule has 2 bridgehead atoms. The Morgan fingerprint density at radius 2 is 1.93 bits per heavy atom. The van der Waals surface area contributed by atoms with Gasteiger partial charge in [0.05, 0.1) is 23.5 Å². The third kappa shape index (κ3) is 3.55. The van der Waals surface area contributed by atoms with Crippen molar-refractivity contribution in [2.75, 3.05) is 25.2 Å². The van der Waals surface area contributed by atoms with Gasteiger partial charge in [0, 0.05) is 22.9 Å². The van der Waals surface area contributed by atoms with E-state index in [9.17, 15) is 14.0 Å². The highest BCUT2D eigenvalue weighted by Gasteiger charge is 2.69. The van der Waals surface area contributed by atoms with E-state index >= 15 is 0 Å². The highest BCUT2D eigenvalue weighted by molar-refractivity contribution is 7.99. The van der Waals surface area contributed by atoms with Gasteiger partial charge in [0.15, 0.2) is 6.61 Å². The SMILES string of the molecule is COC1=C(C(=O)NC23CC(NC(=O)COc4ccc(Cl)c(F)c4)(C2)C3)CSC1. The van der Waals surface area contributed by atoms with Crippen molar-refractivity contribution in [3.05, 3.63) is 40.4 Å². The summed E-state index contributed by atoms with van der Waals surface area (Å²) in [6.07, 6.45) is 2.11. The Labute approximate surface area is 171 Å². The van der Waals surface area contributed by atoms with E-state index in [2.05, 4.69) is 10.6 Å². The molecule has 1 aromatic rings. The van der Waals surface area contributed by atoms with Gasteiger partial charge in [-0.1, -0.05) is 11.6 Å². The first-order valence-corrected chi connectivity index (χ1v) is 10.4. The molecular weight excluding hydrogens is 407 g/mol. The van der Waals surface area contributed by atoms with E-state index in [1.165, 1.54) is 12.1 Å². The molecular formula is C19H20ClFN2O4S. The standard InChI is InChI=1S/C19H20ClFN2O4S/c1-26-15-7-28-6-12(15)17(25)23-19-8-18(9-19,10-19)22-16(24)5-27-11-2-3-13(20)14(21)4-11/h2-4H,5-10H2,1H3,(H,22,24)(H,23,25). The highest BCUT2D eigenvalue weighted by Crippen LogP contribution is 2.60. The summed E-state index contributed by atoms with van der Waals surface area (Å²) >= 11 is 7.28. The average molecular weight is 427 g/mol. The van der Waals surface area contributed by atoms with Gasteiger partial charge in [0.2, 0.25) is 0 Å². The third-order valence-electron chi connectivity index (χ3n) is 5.41. The van der Waals surface area contributed by atoms with Crippen molar-refractivity contribution in [3.8, 4) is 5.75 Å². The lowest BCUT2D eigenvalue weighted by Crippen LogP contribution is -2.84. The molecule has 2 N–H and O–H groups in total. The molecule has 4 aliphatic rings. The van der Waals surface area contributed by atoms with Gasteiger partial charge in [-0.2, -0.15) is 0 Å². The molecule has 9 heteroatoms. The quantitative estimate of drug-likeness (QED) is 0.700. The van der Waals surface area contributed by atoms with Crippen molar-refractivity contribution in [2.45, 2.75) is 30.3 Å². The molecule has 0 unspecified atom stereocenters. The highest BCUT2D eigenvalue weighted by atomic mass is 35.5. The summed E-state index contributed by atoms with van der Waals surface area (Å²) < 4.78 is 24.0. The van der Waals surface area contributed by atoms with Crippen LogP contribution in [0.15, 0.2) is 29.5 Å². The largest absolute Gasteiger partial charge is 0.500 e. The monoisotopic (exact) mass is 426 g/mol. The Bertz CT molecular complexity index is 856. The number of benzene rings is 1. The summed E-state index contributed by atoms with van der Waals surface area (Å²) in [4.78, 5) is 24.6. The molecule has 1 aliphatic heterocycles. The summed E-state index contributed by atoms with van der Waals surface area (Å²) in [5.74, 6) is 1.44. The number of methoxy groups -OCH3 is 1. The maximum Gasteiger partial charge on any atom is 0.258 e. The first-order valence-electron chi connectivity index (χ1n) is 8.89. The Hall–Kier alpha value is -1.93. The Morgan fingerprint density at radius 3 is 2.61 bits per heavy atom. The summed E-state index contributed by atoms with van der Waals surface area (Å²) in [5.41, 5.74) is 0.199. The molecule has 0 atom stereocenters. The van der Waals surface area contributed by atoms with Gasteiger partial charge < -0.3 is 20.1 Å². The zero-order valence-electron chi connectivity index (χ0n) is 15.3. The fourth-order valence-electron chi connectivity index (χ4n) is 4.20. The molecule has 28 heavy (non-hydrogen) atoms. The van der Waals surface area contributed by atoms with E-state index < -0.39 is 5.82 Å². The van der Waals surface area contributed by atoms with E-state index in [1.54, 1.807) is 18.9 Å². The van der Waals surface area contributed by atoms with Crippen LogP contribution in [0.25, 0.3) is 0 Å². The lowest BCUT2D eigenvalue weighted by atomic mass is 9.44. The second-order valence-corrected chi connectivity index (χ2v) is 8.95. The zero-order valence-corrected chi connectivity index (χ0v) is 16.8. The number of hydrogen-bond donors (Lipinski definition) is 2. The molecule has 0 aromatic heterocycles. The van der Waals surface area contributed by atoms with Crippen LogP contribution in [0.5, 0.6) is 5.75 Å². The van der Waals surface area contributed by atoms with Gasteiger partial charge in [-0.25, -0.2) is 4.39 Å². The first-order chi connectivity index (χ1) is 13.3. The molecule has 6 nitrogen and oxygen atoms in total. The van der Waals surface area contributed by atoms with Crippen molar-refractivity contribution in [1.29, 1.82) is 0 Å². The second-order valence-electron chi connectivity index (χ2n) is 7.56. The molecule has 5 rings (SSSR count). The summed E-state index contributed by atoms with van der Waals surface area (Å²) in [6, 6.07) is 4.03. The predicted octanol–water partition coefficient (Wildman–Crippen LogP) is 2.41. The molecule has 0 spiro atoms. The van der Waals surface area contributed by atoms with Gasteiger partial charge in [-0.3, -0.25) is 9.59 Å². The van der Waals surface area contributed by atoms with Crippen molar-refractivity contribution >= 4 is 35.2 Å². The third-order valence-corrected chi connectivity index (χ3v) is 6.68. The van der Waals surface area contributed by atoms with Crippen LogP contribution in [0.3, 0.4) is 0 Å². The number of carbonyl (C=O) groups excluding carboxylic acids is 2. The zero-order chi connectivity index (χ0) is 19.9. The van der Waals surface area contributed by atoms with Crippen LogP contribution in [-0.2, 0) is 14.3 Å². The van der Waals surface area contributed by atoms with Crippen molar-refractivity contribution in [2.24, 2.45) is 0 Å². The lowest BCUT2D eigenvalue weighted by molar-refractivity contribution is -0.148. The number of ether oxygens (including phenoxy) is 2. The fourth-order valence-corrected chi connectivity index (χ4v) is 5.40. The van der Waals surface area contributed by atoms with Crippen LogP contribution in [0.4, 0.5) is 4.39 Å². The van der Waals surface area contributed by atoms with E-state index in [4.69, 9.17) is 21.1 Å². The molecule has 1 heterocycles. The minimum atomic E-state index is -0.593. The first kappa shape index (κ1) is 19.4. The van der Waals surface area contributed by atoms with Crippen LogP contribution >= 0.6 is 23.4 Å². The summed E-state index contributed by atoms with van der Waals surface area (Å²) in [6.45, 7) is -0.205. The molecule has 3 aliphatic carbocycles. The van der Waals surface area contributed by atoms with Crippen molar-refractivity contribution < 1.29 is 23.5 Å². The smallest absolute Gasteiger partial charge is 0.258 e. The van der Waals surface area contributed by atoms with E-state index in [0.717, 1.165) is 17.6 Å². The number of hydrogen-bond acceptors (Lipinski definition) is 5. The number of rotatable bonds is 7. The topological polar surface area (TPSA) is 76.7 Å². The maximum atomic E-state index is 13.4. The average Bonchev–Trinajstić information content (AvgIpc) is 3.08. The summed E-state index contributed by atoms with van der Waals surface area (Å²) in [5, 5.41) is 6.07. The molecule has 2 amide bonds. The normalized spacial score (nSPS) is 27.5. The molecule has 1 aromatic carbocycles. The molecule has 3 fully saturated rings. The van der Waals surface area contributed by atoms with Gasteiger partial charge in [-0.15, -0.1) is 11.8 Å². The Balaban J connectivity index is 1.24. The molecule has 150 valence electrons. The number of thioether (sulfide) groups is 1. The van der Waals surface area contributed by atoms with E-state index in [0.29, 0.717) is 30.6 Å². The number of amides is 2. The van der Waals surface area contributed by atoms with Gasteiger partial charge >= 0.3 is 0 Å². The Kier molecular flexibility index (Phi) is 4.95.